The van der Waals surface area contributed by atoms with Crippen LogP contribution in [-0.4, -0.2) is 31.0 Å². The van der Waals surface area contributed by atoms with Crippen molar-refractivity contribution in [3.8, 4) is 5.69 Å². The molecule has 0 saturated carbocycles. The van der Waals surface area contributed by atoms with E-state index in [9.17, 15) is 9.59 Å². The first-order chi connectivity index (χ1) is 15.4. The van der Waals surface area contributed by atoms with E-state index in [1.165, 1.54) is 11.8 Å². The van der Waals surface area contributed by atoms with Crippen LogP contribution in [-0.2, 0) is 4.79 Å². The van der Waals surface area contributed by atoms with E-state index in [1.54, 1.807) is 15.4 Å². The summed E-state index contributed by atoms with van der Waals surface area (Å²) < 4.78 is 4.29. The Morgan fingerprint density at radius 3 is 2.75 bits per heavy atom. The number of halogens is 1. The van der Waals surface area contributed by atoms with Crippen molar-refractivity contribution >= 4 is 50.3 Å². The maximum Gasteiger partial charge on any atom is 0.265 e. The largest absolute Gasteiger partial charge is 0.326 e. The Hall–Kier alpha value is -2.91. The van der Waals surface area contributed by atoms with Gasteiger partial charge in [0.1, 0.15) is 5.39 Å². The number of nitrogens with one attached hydrogen (secondary N) is 1. The number of hydrogen-bond acceptors (Lipinski definition) is 5. The van der Waals surface area contributed by atoms with Crippen LogP contribution in [0.2, 0.25) is 0 Å². The number of anilines is 1. The van der Waals surface area contributed by atoms with E-state index in [1.807, 2.05) is 56.3 Å². The van der Waals surface area contributed by atoms with Crippen molar-refractivity contribution in [3.63, 3.8) is 0 Å². The normalized spacial score (nSPS) is 15.2. The highest BCUT2D eigenvalue weighted by Gasteiger charge is 2.29. The number of aromatic nitrogens is 4. The molecule has 0 fully saturated rings. The predicted octanol–water partition coefficient (Wildman–Crippen LogP) is 4.64. The van der Waals surface area contributed by atoms with E-state index in [4.69, 9.17) is 4.98 Å². The molecule has 4 aromatic rings. The van der Waals surface area contributed by atoms with E-state index in [0.29, 0.717) is 21.9 Å². The van der Waals surface area contributed by atoms with Gasteiger partial charge in [0.25, 0.3) is 5.56 Å². The first kappa shape index (κ1) is 21.0. The van der Waals surface area contributed by atoms with Crippen molar-refractivity contribution in [2.75, 3.05) is 11.1 Å². The maximum atomic E-state index is 13.3. The zero-order valence-corrected chi connectivity index (χ0v) is 19.9. The molecular weight excluding hydrogens is 490 g/mol. The lowest BCUT2D eigenvalue weighted by Crippen LogP contribution is -2.27. The molecule has 1 aliphatic heterocycles. The second kappa shape index (κ2) is 8.22. The molecule has 0 bridgehead atoms. The third-order valence-electron chi connectivity index (χ3n) is 5.53. The number of amides is 1. The summed E-state index contributed by atoms with van der Waals surface area (Å²) in [6.45, 7) is 3.96. The van der Waals surface area contributed by atoms with Gasteiger partial charge in [-0.2, -0.15) is 5.10 Å². The van der Waals surface area contributed by atoms with Crippen LogP contribution in [0.4, 0.5) is 5.69 Å². The Morgan fingerprint density at radius 1 is 1.22 bits per heavy atom. The smallest absolute Gasteiger partial charge is 0.265 e. The first-order valence-corrected chi connectivity index (χ1v) is 11.9. The lowest BCUT2D eigenvalue weighted by Gasteiger charge is -2.14. The molecule has 1 aliphatic rings. The number of fused-ring (bicyclic) bond motifs is 2. The molecule has 5 rings (SSSR count). The Kier molecular flexibility index (Phi) is 5.38. The Balaban J connectivity index is 1.44. The molecule has 9 heteroatoms. The number of benzene rings is 2. The van der Waals surface area contributed by atoms with E-state index < -0.39 is 0 Å². The van der Waals surface area contributed by atoms with Crippen molar-refractivity contribution in [2.45, 2.75) is 31.5 Å². The van der Waals surface area contributed by atoms with Gasteiger partial charge in [0.05, 0.1) is 17.9 Å². The maximum absolute atomic E-state index is 13.3. The fourth-order valence-corrected chi connectivity index (χ4v) is 5.44. The summed E-state index contributed by atoms with van der Waals surface area (Å²) >= 11 is 4.92. The molecule has 1 atom stereocenters. The fourth-order valence-electron chi connectivity index (χ4n) is 3.84. The predicted molar refractivity (Wildman–Crippen MR) is 130 cm³/mol. The van der Waals surface area contributed by atoms with Crippen LogP contribution >= 0.6 is 27.7 Å². The molecule has 0 saturated heterocycles. The molecule has 2 aromatic heterocycles. The van der Waals surface area contributed by atoms with Crippen molar-refractivity contribution < 1.29 is 4.79 Å². The Labute approximate surface area is 197 Å². The molecule has 0 radical (unpaired) electrons. The van der Waals surface area contributed by atoms with Crippen molar-refractivity contribution in [3.05, 3.63) is 74.6 Å². The second-order valence-corrected chi connectivity index (χ2v) is 9.78. The van der Waals surface area contributed by atoms with Gasteiger partial charge in [0.2, 0.25) is 5.91 Å². The minimum Gasteiger partial charge on any atom is -0.326 e. The third-order valence-corrected chi connectivity index (χ3v) is 7.12. The highest BCUT2D eigenvalue weighted by Crippen LogP contribution is 2.34. The molecule has 32 heavy (non-hydrogen) atoms. The Bertz CT molecular complexity index is 1410. The van der Waals surface area contributed by atoms with Crippen molar-refractivity contribution in [1.29, 1.82) is 0 Å². The topological polar surface area (TPSA) is 81.8 Å². The first-order valence-electron chi connectivity index (χ1n) is 10.2. The van der Waals surface area contributed by atoms with Gasteiger partial charge in [-0.25, -0.2) is 9.67 Å². The van der Waals surface area contributed by atoms with E-state index in [0.717, 1.165) is 27.0 Å². The van der Waals surface area contributed by atoms with E-state index in [2.05, 4.69) is 26.3 Å². The van der Waals surface area contributed by atoms with Gasteiger partial charge >= 0.3 is 0 Å². The molecule has 7 nitrogen and oxygen atoms in total. The van der Waals surface area contributed by atoms with Crippen LogP contribution in [0.5, 0.6) is 0 Å². The van der Waals surface area contributed by atoms with E-state index >= 15 is 0 Å². The lowest BCUT2D eigenvalue weighted by atomic mass is 10.1. The summed E-state index contributed by atoms with van der Waals surface area (Å²) in [7, 11) is 0. The minimum atomic E-state index is -0.252. The monoisotopic (exact) mass is 509 g/mol. The quantitative estimate of drug-likeness (QED) is 0.405. The van der Waals surface area contributed by atoms with Crippen LogP contribution in [0.3, 0.4) is 0 Å². The number of hydrogen-bond donors (Lipinski definition) is 1. The van der Waals surface area contributed by atoms with Gasteiger partial charge in [-0.3, -0.25) is 14.2 Å². The Morgan fingerprint density at radius 2 is 2.00 bits per heavy atom. The van der Waals surface area contributed by atoms with Gasteiger partial charge in [-0.15, -0.1) is 0 Å². The van der Waals surface area contributed by atoms with Crippen molar-refractivity contribution in [1.82, 2.24) is 19.3 Å². The summed E-state index contributed by atoms with van der Waals surface area (Å²) in [6, 6.07) is 13.4. The van der Waals surface area contributed by atoms with Crippen molar-refractivity contribution in [2.24, 2.45) is 0 Å². The average molecular weight is 510 g/mol. The number of thioether (sulfide) groups is 1. The number of rotatable bonds is 4. The summed E-state index contributed by atoms with van der Waals surface area (Å²) in [5.41, 5.74) is 4.11. The standard InChI is InChI=1S/C23H20BrN5O2S/c1-13-3-6-16(7-4-13)29-21-18(11-25-29)22(31)28-17(12-32-23(28)27-21)10-20(30)26-19-8-5-15(24)9-14(19)2/h3-9,11,17H,10,12H2,1-2H3,(H,26,30). The molecule has 1 amide bonds. The molecule has 0 aliphatic carbocycles. The second-order valence-electron chi connectivity index (χ2n) is 7.88. The van der Waals surface area contributed by atoms with Gasteiger partial charge in [0.15, 0.2) is 10.8 Å². The molecule has 1 unspecified atom stereocenters. The molecule has 2 aromatic carbocycles. The van der Waals surface area contributed by atoms with Crippen LogP contribution in [0, 0.1) is 13.8 Å². The minimum absolute atomic E-state index is 0.129. The third kappa shape index (κ3) is 3.75. The van der Waals surface area contributed by atoms with Crippen LogP contribution in [0.25, 0.3) is 16.7 Å². The molecule has 162 valence electrons. The number of aryl methyl sites for hydroxylation is 2. The van der Waals surface area contributed by atoms with Gasteiger partial charge < -0.3 is 5.32 Å². The highest BCUT2D eigenvalue weighted by molar-refractivity contribution is 9.10. The highest BCUT2D eigenvalue weighted by atomic mass is 79.9. The molecule has 1 N–H and O–H groups in total. The summed E-state index contributed by atoms with van der Waals surface area (Å²) in [4.78, 5) is 30.7. The lowest BCUT2D eigenvalue weighted by molar-refractivity contribution is -0.116. The van der Waals surface area contributed by atoms with Gasteiger partial charge in [-0.1, -0.05) is 45.4 Å². The number of nitrogens with zero attached hydrogens (tertiary/aromatic N) is 4. The summed E-state index contributed by atoms with van der Waals surface area (Å²) in [5, 5.41) is 8.43. The zero-order valence-electron chi connectivity index (χ0n) is 17.5. The SMILES string of the molecule is Cc1ccc(-n2ncc3c(=O)n4c(nc32)SCC4CC(=O)Nc2ccc(Br)cc2C)cc1. The summed E-state index contributed by atoms with van der Waals surface area (Å²) in [5.74, 6) is 0.496. The fraction of sp³-hybridized carbons (Fsp3) is 0.217. The van der Waals surface area contributed by atoms with Crippen LogP contribution in [0.1, 0.15) is 23.6 Å². The van der Waals surface area contributed by atoms with Gasteiger partial charge in [-0.05, 0) is 49.7 Å². The number of carbonyl (C=O) groups excluding carboxylic acids is 1. The molecule has 0 spiro atoms. The molecule has 3 heterocycles. The zero-order chi connectivity index (χ0) is 22.4. The van der Waals surface area contributed by atoms with Crippen LogP contribution in [0.15, 0.2) is 63.1 Å². The average Bonchev–Trinajstić information content (AvgIpc) is 3.36. The van der Waals surface area contributed by atoms with Gasteiger partial charge in [0, 0.05) is 22.3 Å². The number of carbonyl (C=O) groups is 1. The van der Waals surface area contributed by atoms with E-state index in [-0.39, 0.29) is 23.9 Å². The summed E-state index contributed by atoms with van der Waals surface area (Å²) in [6.07, 6.45) is 1.76. The molecular formula is C23H20BrN5O2S. The van der Waals surface area contributed by atoms with Crippen LogP contribution < -0.4 is 10.9 Å².